The lowest BCUT2D eigenvalue weighted by Gasteiger charge is -2.23. The summed E-state index contributed by atoms with van der Waals surface area (Å²) in [5, 5.41) is 14.4. The first-order chi connectivity index (χ1) is 8.78. The van der Waals surface area contributed by atoms with Crippen molar-refractivity contribution in [1.29, 1.82) is 0 Å². The Labute approximate surface area is 107 Å². The van der Waals surface area contributed by atoms with Crippen LogP contribution in [0.1, 0.15) is 31.0 Å². The fourth-order valence-corrected chi connectivity index (χ4v) is 2.93. The maximum atomic E-state index is 9.63. The van der Waals surface area contributed by atoms with Crippen LogP contribution in [0.4, 0.5) is 0 Å². The van der Waals surface area contributed by atoms with Gasteiger partial charge in [-0.1, -0.05) is 6.92 Å². The lowest BCUT2D eigenvalue weighted by Crippen LogP contribution is -2.34. The zero-order valence-corrected chi connectivity index (χ0v) is 10.8. The number of phenols is 1. The van der Waals surface area contributed by atoms with Crippen LogP contribution < -0.4 is 5.32 Å². The molecule has 3 N–H and O–H groups in total. The van der Waals surface area contributed by atoms with Crippen LogP contribution in [0.3, 0.4) is 0 Å². The third kappa shape index (κ3) is 1.99. The first-order valence-corrected chi connectivity index (χ1v) is 6.83. The van der Waals surface area contributed by atoms with Crippen LogP contribution in [0, 0.1) is 0 Å². The third-order valence-electron chi connectivity index (χ3n) is 3.85. The summed E-state index contributed by atoms with van der Waals surface area (Å²) in [5.41, 5.74) is 3.89. The maximum absolute atomic E-state index is 9.63. The van der Waals surface area contributed by atoms with Gasteiger partial charge in [-0.15, -0.1) is 0 Å². The van der Waals surface area contributed by atoms with Crippen molar-refractivity contribution in [2.45, 2.75) is 38.6 Å². The molecular weight excluding hydrogens is 224 g/mol. The lowest BCUT2D eigenvalue weighted by atomic mass is 9.91. The monoisotopic (exact) mass is 244 g/mol. The van der Waals surface area contributed by atoms with E-state index in [0.29, 0.717) is 11.8 Å². The Morgan fingerprint density at radius 2 is 2.33 bits per heavy atom. The van der Waals surface area contributed by atoms with Gasteiger partial charge >= 0.3 is 0 Å². The van der Waals surface area contributed by atoms with Gasteiger partial charge in [0.1, 0.15) is 5.75 Å². The smallest absolute Gasteiger partial charge is 0.116 e. The molecule has 0 bridgehead atoms. The van der Waals surface area contributed by atoms with E-state index in [2.05, 4.69) is 17.2 Å². The van der Waals surface area contributed by atoms with Crippen molar-refractivity contribution in [2.24, 2.45) is 0 Å². The molecule has 0 spiro atoms. The minimum atomic E-state index is 0.355. The van der Waals surface area contributed by atoms with E-state index in [1.807, 2.05) is 12.1 Å². The molecule has 0 fully saturated rings. The highest BCUT2D eigenvalue weighted by molar-refractivity contribution is 5.86. The van der Waals surface area contributed by atoms with E-state index in [4.69, 9.17) is 0 Å². The molecule has 3 nitrogen and oxygen atoms in total. The fourth-order valence-electron chi connectivity index (χ4n) is 2.93. The Morgan fingerprint density at radius 1 is 1.44 bits per heavy atom. The van der Waals surface area contributed by atoms with Crippen LogP contribution in [0.5, 0.6) is 5.75 Å². The normalized spacial score (nSPS) is 19.1. The predicted molar refractivity (Wildman–Crippen MR) is 74.1 cm³/mol. The minimum absolute atomic E-state index is 0.355. The van der Waals surface area contributed by atoms with Crippen molar-refractivity contribution in [1.82, 2.24) is 10.3 Å². The Balaban J connectivity index is 1.93. The Bertz CT molecular complexity index is 559. The van der Waals surface area contributed by atoms with Crippen molar-refractivity contribution < 1.29 is 5.11 Å². The lowest BCUT2D eigenvalue weighted by molar-refractivity contribution is 0.458. The number of phenolic OH excluding ortho intramolecular Hbond substituents is 1. The molecule has 3 heteroatoms. The van der Waals surface area contributed by atoms with Crippen LogP contribution in [-0.2, 0) is 12.8 Å². The van der Waals surface area contributed by atoms with E-state index in [9.17, 15) is 5.11 Å². The van der Waals surface area contributed by atoms with Crippen LogP contribution in [-0.4, -0.2) is 22.7 Å². The van der Waals surface area contributed by atoms with Crippen molar-refractivity contribution in [3.63, 3.8) is 0 Å². The van der Waals surface area contributed by atoms with Crippen LogP contribution in [0.15, 0.2) is 18.2 Å². The number of fused-ring (bicyclic) bond motifs is 3. The molecule has 1 aromatic carbocycles. The molecule has 1 aliphatic carbocycles. The minimum Gasteiger partial charge on any atom is -0.508 e. The predicted octanol–water partition coefficient (Wildman–Crippen LogP) is 2.73. The largest absolute Gasteiger partial charge is 0.508 e. The van der Waals surface area contributed by atoms with Crippen molar-refractivity contribution in [3.05, 3.63) is 29.5 Å². The zero-order chi connectivity index (χ0) is 12.5. The van der Waals surface area contributed by atoms with Gasteiger partial charge in [-0.2, -0.15) is 0 Å². The van der Waals surface area contributed by atoms with E-state index < -0.39 is 0 Å². The highest BCUT2D eigenvalue weighted by Gasteiger charge is 2.21. The number of aromatic nitrogens is 1. The number of nitrogens with one attached hydrogen (secondary N) is 2. The molecule has 0 amide bonds. The molecule has 1 aliphatic rings. The molecule has 96 valence electrons. The number of aromatic hydroxyl groups is 1. The topological polar surface area (TPSA) is 48.0 Å². The third-order valence-corrected chi connectivity index (χ3v) is 3.85. The molecule has 0 aliphatic heterocycles. The molecule has 0 saturated heterocycles. The molecule has 1 atom stereocenters. The summed E-state index contributed by atoms with van der Waals surface area (Å²) < 4.78 is 0. The molecule has 1 unspecified atom stereocenters. The van der Waals surface area contributed by atoms with Crippen LogP contribution in [0.25, 0.3) is 10.9 Å². The van der Waals surface area contributed by atoms with E-state index in [1.165, 1.54) is 29.5 Å². The van der Waals surface area contributed by atoms with E-state index in [0.717, 1.165) is 24.9 Å². The number of H-pyrrole nitrogens is 1. The van der Waals surface area contributed by atoms with Crippen molar-refractivity contribution >= 4 is 10.9 Å². The van der Waals surface area contributed by atoms with Crippen LogP contribution in [0.2, 0.25) is 0 Å². The van der Waals surface area contributed by atoms with Gasteiger partial charge in [-0.05, 0) is 56.0 Å². The number of hydrogen-bond acceptors (Lipinski definition) is 2. The van der Waals surface area contributed by atoms with Gasteiger partial charge in [0, 0.05) is 22.6 Å². The van der Waals surface area contributed by atoms with Gasteiger partial charge in [0.2, 0.25) is 0 Å². The van der Waals surface area contributed by atoms with Gasteiger partial charge in [0.05, 0.1) is 0 Å². The quantitative estimate of drug-likeness (QED) is 0.777. The highest BCUT2D eigenvalue weighted by Crippen LogP contribution is 2.31. The number of rotatable bonds is 3. The number of benzene rings is 1. The van der Waals surface area contributed by atoms with Crippen molar-refractivity contribution in [3.8, 4) is 5.75 Å². The molecule has 1 heterocycles. The first-order valence-electron chi connectivity index (χ1n) is 6.83. The molecule has 18 heavy (non-hydrogen) atoms. The fraction of sp³-hybridized carbons (Fsp3) is 0.467. The second-order valence-corrected chi connectivity index (χ2v) is 5.21. The van der Waals surface area contributed by atoms with E-state index >= 15 is 0 Å². The summed E-state index contributed by atoms with van der Waals surface area (Å²) in [6.07, 6.45) is 4.55. The average Bonchev–Trinajstić information content (AvgIpc) is 2.74. The summed E-state index contributed by atoms with van der Waals surface area (Å²) in [5.74, 6) is 0.355. The molecule has 0 saturated carbocycles. The van der Waals surface area contributed by atoms with Crippen LogP contribution >= 0.6 is 0 Å². The zero-order valence-electron chi connectivity index (χ0n) is 10.8. The molecule has 3 rings (SSSR count). The number of hydrogen-bond donors (Lipinski definition) is 3. The number of aryl methyl sites for hydroxylation is 1. The number of aromatic amines is 1. The highest BCUT2D eigenvalue weighted by atomic mass is 16.3. The van der Waals surface area contributed by atoms with Gasteiger partial charge in [0.25, 0.3) is 0 Å². The molecule has 2 aromatic rings. The Hall–Kier alpha value is -1.48. The van der Waals surface area contributed by atoms with Crippen molar-refractivity contribution in [2.75, 3.05) is 6.54 Å². The standard InChI is InChI=1S/C15H20N2O/c1-2-7-16-10-3-5-14-12(8-10)13-9-11(18)4-6-15(13)17-14/h4,6,9-10,16-18H,2-3,5,7-8H2,1H3. The molecular formula is C15H20N2O. The van der Waals surface area contributed by atoms with Gasteiger partial charge < -0.3 is 15.4 Å². The molecule has 1 aromatic heterocycles. The summed E-state index contributed by atoms with van der Waals surface area (Å²) in [7, 11) is 0. The average molecular weight is 244 g/mol. The Morgan fingerprint density at radius 3 is 3.17 bits per heavy atom. The van der Waals surface area contributed by atoms with Gasteiger partial charge in [-0.25, -0.2) is 0 Å². The Kier molecular flexibility index (Phi) is 3.00. The maximum Gasteiger partial charge on any atom is 0.116 e. The van der Waals surface area contributed by atoms with E-state index in [1.54, 1.807) is 6.07 Å². The van der Waals surface area contributed by atoms with Gasteiger partial charge in [0.15, 0.2) is 0 Å². The molecule has 0 radical (unpaired) electrons. The van der Waals surface area contributed by atoms with Gasteiger partial charge in [-0.3, -0.25) is 0 Å². The summed E-state index contributed by atoms with van der Waals surface area (Å²) in [6, 6.07) is 6.18. The summed E-state index contributed by atoms with van der Waals surface area (Å²) >= 11 is 0. The second kappa shape index (κ2) is 4.65. The SMILES string of the molecule is CCCNC1CCc2[nH]c3ccc(O)cc3c2C1. The first kappa shape index (κ1) is 11.6. The van der Waals surface area contributed by atoms with E-state index in [-0.39, 0.29) is 0 Å². The second-order valence-electron chi connectivity index (χ2n) is 5.21. The summed E-state index contributed by atoms with van der Waals surface area (Å²) in [6.45, 7) is 3.29. The summed E-state index contributed by atoms with van der Waals surface area (Å²) in [4.78, 5) is 3.48.